The molecule has 0 aromatic heterocycles. The van der Waals surface area contributed by atoms with Gasteiger partial charge in [0.25, 0.3) is 0 Å². The summed E-state index contributed by atoms with van der Waals surface area (Å²) in [4.78, 5) is 0. The van der Waals surface area contributed by atoms with Crippen molar-refractivity contribution < 1.29 is 0 Å². The summed E-state index contributed by atoms with van der Waals surface area (Å²) in [6.45, 7) is 25.2. The van der Waals surface area contributed by atoms with Crippen molar-refractivity contribution in [3.63, 3.8) is 0 Å². The smallest absolute Gasteiger partial charge is 0.0546 e. The van der Waals surface area contributed by atoms with Crippen molar-refractivity contribution >= 4 is 8.07 Å². The molecular formula is C42H64Si. The van der Waals surface area contributed by atoms with Gasteiger partial charge in [0, 0.05) is 0 Å². The Labute approximate surface area is 267 Å². The molecule has 0 spiro atoms. The highest BCUT2D eigenvalue weighted by Gasteiger charge is 2.59. The summed E-state index contributed by atoms with van der Waals surface area (Å²) in [5, 5.41) is 0. The minimum Gasteiger partial charge on any atom is -0.0689 e. The van der Waals surface area contributed by atoms with E-state index in [-0.39, 0.29) is 10.8 Å². The summed E-state index contributed by atoms with van der Waals surface area (Å²) in [7, 11) is -1.51. The Bertz CT molecular complexity index is 1140. The molecule has 0 radical (unpaired) electrons. The lowest BCUT2D eigenvalue weighted by molar-refractivity contribution is 0.226. The standard InChI is InChI=1S/C42H64Si/c1-27-25-37-33(29-17-21-31(22-18-29)41(3,4)5)13-11-15-35(37)39(27)43(9,10)40-28(2)26-38-34(14-12-16-36(38)40)30-19-23-32(24-20-30)42(6,7)8/h17-24,27-28,33-40H,11-16,25-26H2,1-10H3. The molecule has 236 valence electrons. The van der Waals surface area contributed by atoms with Gasteiger partial charge in [0.15, 0.2) is 0 Å². The van der Waals surface area contributed by atoms with Gasteiger partial charge in [0.1, 0.15) is 0 Å². The molecule has 0 aliphatic heterocycles. The number of benzene rings is 2. The number of hydrogen-bond acceptors (Lipinski definition) is 0. The van der Waals surface area contributed by atoms with Crippen LogP contribution in [-0.4, -0.2) is 8.07 Å². The van der Waals surface area contributed by atoms with E-state index < -0.39 is 8.07 Å². The number of rotatable bonds is 4. The molecule has 10 atom stereocenters. The van der Waals surface area contributed by atoms with E-state index in [1.165, 1.54) is 62.5 Å². The fourth-order valence-corrected chi connectivity index (χ4v) is 18.9. The van der Waals surface area contributed by atoms with Crippen LogP contribution in [0.25, 0.3) is 0 Å². The first-order valence-electron chi connectivity index (χ1n) is 18.4. The quantitative estimate of drug-likeness (QED) is 0.308. The summed E-state index contributed by atoms with van der Waals surface area (Å²) in [6, 6.07) is 19.9. The van der Waals surface area contributed by atoms with Crippen molar-refractivity contribution in [2.24, 2.45) is 35.5 Å². The van der Waals surface area contributed by atoms with Gasteiger partial charge in [-0.25, -0.2) is 0 Å². The molecule has 0 nitrogen and oxygen atoms in total. The van der Waals surface area contributed by atoms with Gasteiger partial charge in [-0.3, -0.25) is 0 Å². The normalized spacial score (nSPS) is 36.8. The van der Waals surface area contributed by atoms with Crippen LogP contribution in [0.5, 0.6) is 0 Å². The average Bonchev–Trinajstić information content (AvgIpc) is 3.48. The van der Waals surface area contributed by atoms with Crippen LogP contribution in [0, 0.1) is 35.5 Å². The van der Waals surface area contributed by atoms with Crippen molar-refractivity contribution in [2.45, 2.75) is 154 Å². The lowest BCUT2D eigenvalue weighted by atomic mass is 9.70. The molecule has 10 unspecified atom stereocenters. The van der Waals surface area contributed by atoms with Gasteiger partial charge < -0.3 is 0 Å². The Balaban J connectivity index is 1.23. The van der Waals surface area contributed by atoms with Gasteiger partial charge >= 0.3 is 0 Å². The van der Waals surface area contributed by atoms with E-state index in [1.807, 2.05) is 0 Å². The molecule has 0 amide bonds. The average molecular weight is 597 g/mol. The van der Waals surface area contributed by atoms with Crippen molar-refractivity contribution in [1.29, 1.82) is 0 Å². The third-order valence-corrected chi connectivity index (χ3v) is 19.2. The molecular weight excluding hydrogens is 533 g/mol. The molecule has 4 saturated carbocycles. The zero-order chi connectivity index (χ0) is 30.9. The molecule has 4 fully saturated rings. The monoisotopic (exact) mass is 596 g/mol. The van der Waals surface area contributed by atoms with Gasteiger partial charge in [-0.1, -0.05) is 143 Å². The summed E-state index contributed by atoms with van der Waals surface area (Å²) in [6.07, 6.45) is 11.7. The Kier molecular flexibility index (Phi) is 8.44. The van der Waals surface area contributed by atoms with Crippen LogP contribution in [0.2, 0.25) is 24.2 Å². The van der Waals surface area contributed by atoms with Crippen LogP contribution < -0.4 is 0 Å². The Hall–Kier alpha value is -1.34. The maximum Gasteiger partial charge on any atom is 0.0546 e. The van der Waals surface area contributed by atoms with Crippen LogP contribution in [0.4, 0.5) is 0 Å². The van der Waals surface area contributed by atoms with Crippen molar-refractivity contribution in [3.8, 4) is 0 Å². The molecule has 4 aliphatic carbocycles. The Morgan fingerprint density at radius 1 is 0.512 bits per heavy atom. The first-order chi connectivity index (χ1) is 20.2. The van der Waals surface area contributed by atoms with Crippen LogP contribution in [-0.2, 0) is 10.8 Å². The predicted molar refractivity (Wildman–Crippen MR) is 190 cm³/mol. The van der Waals surface area contributed by atoms with Crippen LogP contribution in [0.1, 0.15) is 141 Å². The SMILES string of the molecule is CC1CC2C(c3ccc(C(C)(C)C)cc3)CCCC2C1[Si](C)(C)C1C(C)CC2C(c3ccc(C(C)(C)C)cc3)CCCC21. The minimum atomic E-state index is -1.51. The molecule has 0 heterocycles. The molecule has 6 rings (SSSR count). The Morgan fingerprint density at radius 3 is 1.19 bits per heavy atom. The maximum absolute atomic E-state index is 2.89. The van der Waals surface area contributed by atoms with E-state index in [4.69, 9.17) is 0 Å². The zero-order valence-electron chi connectivity index (χ0n) is 29.5. The van der Waals surface area contributed by atoms with E-state index in [1.54, 1.807) is 11.1 Å². The van der Waals surface area contributed by atoms with Crippen LogP contribution in [0.3, 0.4) is 0 Å². The molecule has 4 aliphatic rings. The highest BCUT2D eigenvalue weighted by molar-refractivity contribution is 6.80. The first kappa shape index (κ1) is 31.6. The number of hydrogen-bond donors (Lipinski definition) is 0. The lowest BCUT2D eigenvalue weighted by Crippen LogP contribution is -2.47. The molecule has 2 aromatic rings. The van der Waals surface area contributed by atoms with E-state index in [9.17, 15) is 0 Å². The summed E-state index contributed by atoms with van der Waals surface area (Å²) in [5.74, 6) is 7.13. The fraction of sp³-hybridized carbons (Fsp3) is 0.714. The largest absolute Gasteiger partial charge is 0.0689 e. The molecule has 43 heavy (non-hydrogen) atoms. The fourth-order valence-electron chi connectivity index (χ4n) is 12.2. The third-order valence-electron chi connectivity index (χ3n) is 13.8. The molecule has 0 N–H and O–H groups in total. The third kappa shape index (κ3) is 5.77. The second kappa shape index (κ2) is 11.5. The molecule has 0 bridgehead atoms. The summed E-state index contributed by atoms with van der Waals surface area (Å²) < 4.78 is 0. The van der Waals surface area contributed by atoms with Crippen molar-refractivity contribution in [2.75, 3.05) is 0 Å². The van der Waals surface area contributed by atoms with E-state index in [0.717, 1.165) is 58.4 Å². The summed E-state index contributed by atoms with van der Waals surface area (Å²) in [5.41, 5.74) is 8.75. The Morgan fingerprint density at radius 2 is 0.860 bits per heavy atom. The second-order valence-electron chi connectivity index (χ2n) is 18.8. The predicted octanol–water partition coefficient (Wildman–Crippen LogP) is 12.5. The highest BCUT2D eigenvalue weighted by atomic mass is 28.3. The van der Waals surface area contributed by atoms with E-state index in [0.29, 0.717) is 0 Å². The zero-order valence-corrected chi connectivity index (χ0v) is 30.5. The minimum absolute atomic E-state index is 0.236. The van der Waals surface area contributed by atoms with Gasteiger partial charge in [0.05, 0.1) is 8.07 Å². The lowest BCUT2D eigenvalue weighted by Gasteiger charge is -2.49. The topological polar surface area (TPSA) is 0 Å². The summed E-state index contributed by atoms with van der Waals surface area (Å²) >= 11 is 0. The highest BCUT2D eigenvalue weighted by Crippen LogP contribution is 2.67. The van der Waals surface area contributed by atoms with Crippen molar-refractivity contribution in [3.05, 3.63) is 70.8 Å². The first-order valence-corrected chi connectivity index (χ1v) is 21.5. The molecule has 1 heteroatoms. The molecule has 2 aromatic carbocycles. The van der Waals surface area contributed by atoms with Gasteiger partial charge in [-0.15, -0.1) is 0 Å². The van der Waals surface area contributed by atoms with Crippen molar-refractivity contribution in [1.82, 2.24) is 0 Å². The molecule has 0 saturated heterocycles. The van der Waals surface area contributed by atoms with Gasteiger partial charge in [-0.2, -0.15) is 0 Å². The number of fused-ring (bicyclic) bond motifs is 2. The van der Waals surface area contributed by atoms with Crippen LogP contribution in [0.15, 0.2) is 48.5 Å². The second-order valence-corrected chi connectivity index (χ2v) is 23.7. The van der Waals surface area contributed by atoms with Gasteiger partial charge in [0.2, 0.25) is 0 Å². The van der Waals surface area contributed by atoms with E-state index in [2.05, 4.69) is 117 Å². The maximum atomic E-state index is 2.89. The van der Waals surface area contributed by atoms with Crippen LogP contribution >= 0.6 is 0 Å². The van der Waals surface area contributed by atoms with Gasteiger partial charge in [-0.05, 0) is 117 Å². The van der Waals surface area contributed by atoms with E-state index >= 15 is 0 Å².